The van der Waals surface area contributed by atoms with E-state index in [1.807, 2.05) is 66.7 Å². The maximum atomic E-state index is 12.8. The molecule has 2 aliphatic heterocycles. The quantitative estimate of drug-likeness (QED) is 0.891. The summed E-state index contributed by atoms with van der Waals surface area (Å²) < 4.78 is 0. The molecule has 2 aromatic rings. The van der Waals surface area contributed by atoms with Crippen LogP contribution in [0.15, 0.2) is 70.8 Å². The van der Waals surface area contributed by atoms with Gasteiger partial charge in [-0.05, 0) is 24.1 Å². The largest absolute Gasteiger partial charge is 0.298 e. The number of carbonyl (C=O) groups is 1. The lowest BCUT2D eigenvalue weighted by molar-refractivity contribution is -0.116. The summed E-state index contributed by atoms with van der Waals surface area (Å²) in [6.07, 6.45) is 4.65. The first-order chi connectivity index (χ1) is 13.3. The Morgan fingerprint density at radius 1 is 1.15 bits per heavy atom. The van der Waals surface area contributed by atoms with Gasteiger partial charge in [0, 0.05) is 11.0 Å². The summed E-state index contributed by atoms with van der Waals surface area (Å²) in [6.45, 7) is 2.10. The van der Waals surface area contributed by atoms with E-state index in [2.05, 4.69) is 17.3 Å². The van der Waals surface area contributed by atoms with Crippen molar-refractivity contribution in [3.8, 4) is 0 Å². The standard InChI is InChI=1S/C21H20N4OS/c1-2-14-27-21-23-20(26)19-16-10-6-7-11-17(16)22-18(25(19)24-21)13-12-15-8-4-3-5-9-15/h3-13,18H,2,14H2,1H3,(H,23,24,26)/b13-12+/t18-/m1/s1. The fraction of sp³-hybridized carbons (Fsp3) is 0.190. The van der Waals surface area contributed by atoms with Crippen molar-refractivity contribution in [1.82, 2.24) is 10.3 Å². The van der Waals surface area contributed by atoms with Crippen LogP contribution >= 0.6 is 11.8 Å². The lowest BCUT2D eigenvalue weighted by Crippen LogP contribution is -2.52. The Kier molecular flexibility index (Phi) is 5.07. The predicted molar refractivity (Wildman–Crippen MR) is 110 cm³/mol. The average molecular weight is 376 g/mol. The summed E-state index contributed by atoms with van der Waals surface area (Å²) in [6, 6.07) is 17.7. The third-order valence-electron chi connectivity index (χ3n) is 4.25. The molecule has 0 aromatic heterocycles. The van der Waals surface area contributed by atoms with Gasteiger partial charge in [0.2, 0.25) is 0 Å². The predicted octanol–water partition coefficient (Wildman–Crippen LogP) is 2.31. The monoisotopic (exact) mass is 376 g/mol. The number of rotatable bonds is 4. The smallest absolute Gasteiger partial charge is 0.276 e. The van der Waals surface area contributed by atoms with E-state index in [4.69, 9.17) is 4.99 Å². The van der Waals surface area contributed by atoms with E-state index in [1.54, 1.807) is 16.8 Å². The molecular weight excluding hydrogens is 356 g/mol. The zero-order valence-electron chi connectivity index (χ0n) is 15.0. The van der Waals surface area contributed by atoms with Crippen molar-refractivity contribution in [3.63, 3.8) is 0 Å². The van der Waals surface area contributed by atoms with Gasteiger partial charge in [-0.2, -0.15) is 0 Å². The maximum absolute atomic E-state index is 12.8. The van der Waals surface area contributed by atoms with Crippen molar-refractivity contribution in [2.75, 3.05) is 5.75 Å². The Morgan fingerprint density at radius 2 is 1.93 bits per heavy atom. The van der Waals surface area contributed by atoms with Crippen molar-refractivity contribution in [2.24, 2.45) is 10.1 Å². The van der Waals surface area contributed by atoms with Crippen LogP contribution in [0.4, 0.5) is 0 Å². The van der Waals surface area contributed by atoms with E-state index < -0.39 is 0 Å². The molecule has 2 aliphatic rings. The summed E-state index contributed by atoms with van der Waals surface area (Å²) in [5.74, 6) is 0.768. The third-order valence-corrected chi connectivity index (χ3v) is 5.32. The molecular formula is C21H20N4OS. The molecule has 136 valence electrons. The first kappa shape index (κ1) is 17.5. The number of para-hydroxylation sites is 1. The summed E-state index contributed by atoms with van der Waals surface area (Å²) in [5, 5.41) is 11.6. The number of amides is 1. The summed E-state index contributed by atoms with van der Waals surface area (Å²) in [5.41, 5.74) is 1.63. The summed E-state index contributed by atoms with van der Waals surface area (Å²) >= 11 is 1.55. The van der Waals surface area contributed by atoms with Gasteiger partial charge < -0.3 is 0 Å². The molecule has 0 unspecified atom stereocenters. The van der Waals surface area contributed by atoms with Gasteiger partial charge in [-0.25, -0.2) is 5.01 Å². The van der Waals surface area contributed by atoms with Crippen LogP contribution in [-0.2, 0) is 4.79 Å². The number of benzene rings is 2. The topological polar surface area (TPSA) is 57.1 Å². The molecule has 0 saturated carbocycles. The van der Waals surface area contributed by atoms with Crippen molar-refractivity contribution in [3.05, 3.63) is 76.8 Å². The van der Waals surface area contributed by atoms with Gasteiger partial charge in [0.1, 0.15) is 5.70 Å². The molecule has 0 radical (unpaired) electrons. The van der Waals surface area contributed by atoms with Gasteiger partial charge in [0.15, 0.2) is 11.3 Å². The molecule has 2 aromatic carbocycles. The Morgan fingerprint density at radius 3 is 2.74 bits per heavy atom. The normalized spacial score (nSPS) is 18.5. The molecule has 5 nitrogen and oxygen atoms in total. The first-order valence-corrected chi connectivity index (χ1v) is 9.97. The second-order valence-corrected chi connectivity index (χ2v) is 7.31. The molecule has 4 rings (SSSR count). The maximum Gasteiger partial charge on any atom is 0.276 e. The second-order valence-electron chi connectivity index (χ2n) is 6.23. The van der Waals surface area contributed by atoms with Crippen molar-refractivity contribution < 1.29 is 4.79 Å². The highest BCUT2D eigenvalue weighted by molar-refractivity contribution is 8.13. The lowest BCUT2D eigenvalue weighted by atomic mass is 10.1. The van der Waals surface area contributed by atoms with Crippen LogP contribution in [0.25, 0.3) is 11.8 Å². The van der Waals surface area contributed by atoms with Crippen LogP contribution in [0.5, 0.6) is 0 Å². The van der Waals surface area contributed by atoms with Gasteiger partial charge >= 0.3 is 0 Å². The minimum Gasteiger partial charge on any atom is -0.298 e. The lowest BCUT2D eigenvalue weighted by Gasteiger charge is -2.32. The van der Waals surface area contributed by atoms with Gasteiger partial charge in [-0.1, -0.05) is 73.3 Å². The van der Waals surface area contributed by atoms with Crippen LogP contribution in [0.2, 0.25) is 0 Å². The number of fused-ring (bicyclic) bond motifs is 2. The Hall–Kier alpha value is -2.86. The number of hydrazone groups is 1. The molecule has 0 aliphatic carbocycles. The molecule has 1 atom stereocenters. The van der Waals surface area contributed by atoms with E-state index >= 15 is 0 Å². The molecule has 0 bridgehead atoms. The number of nitrogens with zero attached hydrogens (tertiary/aromatic N) is 3. The van der Waals surface area contributed by atoms with E-state index in [-0.39, 0.29) is 12.1 Å². The number of thioether (sulfide) groups is 1. The van der Waals surface area contributed by atoms with Gasteiger partial charge in [0.25, 0.3) is 5.91 Å². The number of hydrogen-bond donors (Lipinski definition) is 1. The van der Waals surface area contributed by atoms with Crippen molar-refractivity contribution in [2.45, 2.75) is 19.5 Å². The van der Waals surface area contributed by atoms with E-state index in [9.17, 15) is 4.79 Å². The Bertz CT molecular complexity index is 1030. The van der Waals surface area contributed by atoms with E-state index in [0.29, 0.717) is 10.9 Å². The minimum absolute atomic E-state index is 0.135. The highest BCUT2D eigenvalue weighted by Crippen LogP contribution is 2.22. The van der Waals surface area contributed by atoms with Crippen LogP contribution in [0.1, 0.15) is 18.9 Å². The molecule has 0 saturated heterocycles. The average Bonchev–Trinajstić information content (AvgIpc) is 2.71. The fourth-order valence-electron chi connectivity index (χ4n) is 3.00. The molecule has 27 heavy (non-hydrogen) atoms. The molecule has 0 spiro atoms. The third kappa shape index (κ3) is 3.66. The van der Waals surface area contributed by atoms with E-state index in [0.717, 1.165) is 28.3 Å². The van der Waals surface area contributed by atoms with Gasteiger partial charge in [-0.15, -0.1) is 5.10 Å². The number of hydrogen-bond acceptors (Lipinski definition) is 5. The van der Waals surface area contributed by atoms with Gasteiger partial charge in [0.05, 0.1) is 5.36 Å². The highest BCUT2D eigenvalue weighted by atomic mass is 32.2. The summed E-state index contributed by atoms with van der Waals surface area (Å²) in [7, 11) is 0. The molecule has 6 heteroatoms. The fourth-order valence-corrected chi connectivity index (χ4v) is 3.71. The number of amidine groups is 1. The van der Waals surface area contributed by atoms with Crippen LogP contribution in [0.3, 0.4) is 0 Å². The first-order valence-electron chi connectivity index (χ1n) is 8.98. The van der Waals surface area contributed by atoms with E-state index in [1.165, 1.54) is 0 Å². The zero-order valence-corrected chi connectivity index (χ0v) is 15.8. The highest BCUT2D eigenvalue weighted by Gasteiger charge is 2.32. The molecule has 1 N–H and O–H groups in total. The number of nitrogens with one attached hydrogen (secondary N) is 1. The Labute approximate surface area is 162 Å². The minimum atomic E-state index is -0.363. The van der Waals surface area contributed by atoms with Crippen LogP contribution in [0, 0.1) is 0 Å². The Balaban J connectivity index is 1.78. The SMILES string of the molecule is CCCSC1=NN2C(=c3ccccc3=N[C@H]2/C=C/c2ccccc2)C(=O)N1. The van der Waals surface area contributed by atoms with Crippen molar-refractivity contribution >= 4 is 34.6 Å². The second kappa shape index (κ2) is 7.80. The molecule has 0 fully saturated rings. The molecule has 2 heterocycles. The molecule has 1 amide bonds. The zero-order chi connectivity index (χ0) is 18.6. The van der Waals surface area contributed by atoms with Crippen LogP contribution in [-0.4, -0.2) is 28.0 Å². The summed E-state index contributed by atoms with van der Waals surface area (Å²) in [4.78, 5) is 17.7. The van der Waals surface area contributed by atoms with Crippen LogP contribution < -0.4 is 15.9 Å². The van der Waals surface area contributed by atoms with Crippen molar-refractivity contribution in [1.29, 1.82) is 0 Å². The number of carbonyl (C=O) groups excluding carboxylic acids is 1. The van der Waals surface area contributed by atoms with Gasteiger partial charge in [-0.3, -0.25) is 15.1 Å².